The predicted octanol–water partition coefficient (Wildman–Crippen LogP) is 9.36. The number of rotatable bonds is 11. The van der Waals surface area contributed by atoms with Crippen LogP contribution in [0.2, 0.25) is 0 Å². The van der Waals surface area contributed by atoms with Crippen molar-refractivity contribution in [1.82, 2.24) is 0 Å². The van der Waals surface area contributed by atoms with Crippen LogP contribution in [-0.2, 0) is 35.3 Å². The van der Waals surface area contributed by atoms with E-state index in [0.717, 1.165) is 0 Å². The summed E-state index contributed by atoms with van der Waals surface area (Å²) in [4.78, 5) is 30.0. The molecule has 0 amide bonds. The van der Waals surface area contributed by atoms with E-state index >= 15 is 0 Å². The molecule has 13 heteroatoms. The molecule has 3 aromatic carbocycles. The van der Waals surface area contributed by atoms with E-state index in [4.69, 9.17) is 4.74 Å². The molecule has 7 rings (SSSR count). The average molecular weight is 767 g/mol. The zero-order valence-corrected chi connectivity index (χ0v) is 30.8. The summed E-state index contributed by atoms with van der Waals surface area (Å²) in [5, 5.41) is -5.68. The summed E-state index contributed by atoms with van der Waals surface area (Å²) in [5.41, 5.74) is -3.30. The summed E-state index contributed by atoms with van der Waals surface area (Å²) in [5.74, 6) is -5.84. The molecule has 6 nitrogen and oxygen atoms in total. The van der Waals surface area contributed by atoms with E-state index < -0.39 is 62.1 Å². The van der Waals surface area contributed by atoms with E-state index in [-0.39, 0.29) is 42.0 Å². The van der Waals surface area contributed by atoms with Gasteiger partial charge in [-0.3, -0.25) is 9.59 Å². The second-order valence-electron chi connectivity index (χ2n) is 15.0. The zero-order chi connectivity index (χ0) is 38.2. The Balaban J connectivity index is 0.000000231. The number of carbonyl (C=O) groups excluding carboxylic acids is 2. The minimum absolute atomic E-state index is 0.0146. The van der Waals surface area contributed by atoms with Gasteiger partial charge in [0.15, 0.2) is 24.8 Å². The van der Waals surface area contributed by atoms with Gasteiger partial charge in [0.25, 0.3) is 0 Å². The van der Waals surface area contributed by atoms with Gasteiger partial charge in [0, 0.05) is 11.8 Å². The fourth-order valence-electron chi connectivity index (χ4n) is 8.18. The second-order valence-corrected chi connectivity index (χ2v) is 18.5. The van der Waals surface area contributed by atoms with Gasteiger partial charge in [-0.25, -0.2) is 8.42 Å². The fraction of sp³-hybridized carbons (Fsp3) is 0.487. The maximum Gasteiger partial charge on any atom is 0.399 e. The smallest absolute Gasteiger partial charge is 0.399 e. The van der Waals surface area contributed by atoms with Gasteiger partial charge in [0.05, 0.1) is 16.3 Å². The van der Waals surface area contributed by atoms with Crippen molar-refractivity contribution in [2.45, 2.75) is 104 Å². The average Bonchev–Trinajstić information content (AvgIpc) is 3.07. The molecule has 0 spiro atoms. The van der Waals surface area contributed by atoms with E-state index in [1.165, 1.54) is 14.7 Å². The molecule has 0 aliphatic heterocycles. The molecule has 282 valence electrons. The van der Waals surface area contributed by atoms with Gasteiger partial charge >= 0.3 is 17.4 Å². The Morgan fingerprint density at radius 1 is 0.808 bits per heavy atom. The first kappa shape index (κ1) is 39.9. The van der Waals surface area contributed by atoms with Crippen LogP contribution < -0.4 is 0 Å². The summed E-state index contributed by atoms with van der Waals surface area (Å²) >= 11 is 0. The molecule has 4 fully saturated rings. The quantitative estimate of drug-likeness (QED) is 0.0835. The van der Waals surface area contributed by atoms with Crippen LogP contribution in [0.15, 0.2) is 106 Å². The zero-order valence-electron chi connectivity index (χ0n) is 29.2. The van der Waals surface area contributed by atoms with Gasteiger partial charge in [-0.05, 0) is 107 Å². The number of Topliss-reactive ketones (excluding diaryl/α,β-unsaturated/α-hetero) is 1. The normalized spacial score (nSPS) is 24.9. The number of carbonyl (C=O) groups is 2. The van der Waals surface area contributed by atoms with Crippen LogP contribution in [0.4, 0.5) is 22.0 Å². The van der Waals surface area contributed by atoms with Gasteiger partial charge in [-0.15, -0.1) is 0 Å². The maximum atomic E-state index is 14.0. The lowest BCUT2D eigenvalue weighted by Crippen LogP contribution is -2.61. The first-order chi connectivity index (χ1) is 24.2. The maximum absolute atomic E-state index is 14.0. The number of benzene rings is 3. The molecule has 4 saturated carbocycles. The molecule has 4 bridgehead atoms. The Morgan fingerprint density at radius 2 is 1.23 bits per heavy atom. The van der Waals surface area contributed by atoms with E-state index in [1.54, 1.807) is 20.8 Å². The van der Waals surface area contributed by atoms with Crippen molar-refractivity contribution < 1.29 is 49.2 Å². The van der Waals surface area contributed by atoms with Gasteiger partial charge in [0.1, 0.15) is 17.3 Å². The van der Waals surface area contributed by atoms with E-state index in [1.807, 2.05) is 0 Å². The Labute approximate surface area is 304 Å². The van der Waals surface area contributed by atoms with Gasteiger partial charge < -0.3 is 9.29 Å². The highest BCUT2D eigenvalue weighted by Gasteiger charge is 2.65. The molecule has 52 heavy (non-hydrogen) atoms. The Bertz CT molecular complexity index is 1710. The van der Waals surface area contributed by atoms with Crippen LogP contribution in [-0.4, -0.2) is 41.8 Å². The molecule has 0 heterocycles. The number of hydrogen-bond donors (Lipinski definition) is 0. The first-order valence-corrected chi connectivity index (χ1v) is 19.9. The monoisotopic (exact) mass is 766 g/mol. The van der Waals surface area contributed by atoms with Crippen molar-refractivity contribution in [3.8, 4) is 0 Å². The molecule has 0 aromatic heterocycles. The molecule has 3 unspecified atom stereocenters. The Morgan fingerprint density at radius 3 is 1.60 bits per heavy atom. The van der Waals surface area contributed by atoms with Crippen molar-refractivity contribution >= 4 is 32.8 Å². The number of ether oxygens (including phenoxy) is 1. The van der Waals surface area contributed by atoms with Crippen LogP contribution in [0.25, 0.3) is 0 Å². The van der Waals surface area contributed by atoms with Crippen LogP contribution in [0, 0.1) is 28.6 Å². The molecule has 0 saturated heterocycles. The number of ketones is 1. The van der Waals surface area contributed by atoms with Crippen molar-refractivity contribution in [2.24, 2.45) is 28.6 Å². The summed E-state index contributed by atoms with van der Waals surface area (Å²) in [6, 6.07) is 32.2. The summed E-state index contributed by atoms with van der Waals surface area (Å²) in [7, 11) is -6.67. The summed E-state index contributed by atoms with van der Waals surface area (Å²) in [6.45, 7) is 5.18. The molecular weight excluding hydrogens is 724 g/mol. The second kappa shape index (κ2) is 14.9. The molecule has 4 aliphatic rings. The lowest BCUT2D eigenvalue weighted by molar-refractivity contribution is -0.226. The largest absolute Gasteiger partial charge is 0.743 e. The van der Waals surface area contributed by atoms with Crippen LogP contribution in [0.5, 0.6) is 0 Å². The predicted molar refractivity (Wildman–Crippen MR) is 185 cm³/mol. The van der Waals surface area contributed by atoms with Crippen molar-refractivity contribution in [3.05, 3.63) is 91.0 Å². The van der Waals surface area contributed by atoms with Crippen LogP contribution in [0.3, 0.4) is 0 Å². The highest BCUT2D eigenvalue weighted by molar-refractivity contribution is 7.97. The van der Waals surface area contributed by atoms with Crippen molar-refractivity contribution in [2.75, 3.05) is 0 Å². The molecular formula is C39H43F5O6S2. The third-order valence-electron chi connectivity index (χ3n) is 10.8. The lowest BCUT2D eigenvalue weighted by Gasteiger charge is -2.61. The summed E-state index contributed by atoms with van der Waals surface area (Å²) in [6.07, 6.45) is -5.30. The standard InChI is InChI=1S/C21H29F5O6S.C18H15S/c1-4-17(2,3)16(28)32-19-9-12-5-13(10-19)8-18(7-12,11-19)15(27)6-14(20(22,23)24)21(25,26)33(29,30)31;1-4-10-16(11-5-1)19(17-12-6-2-7-13-17)18-14-8-3-9-15-18/h12-14H,4-11H2,1-3H3,(H,29,30,31);1-15H/q;+1/p-1. The topological polar surface area (TPSA) is 101 Å². The molecule has 4 aliphatic carbocycles. The lowest BCUT2D eigenvalue weighted by atomic mass is 9.46. The van der Waals surface area contributed by atoms with E-state index in [2.05, 4.69) is 91.0 Å². The summed E-state index contributed by atoms with van der Waals surface area (Å²) < 4.78 is 107. The number of halogens is 5. The SMILES string of the molecule is CCC(C)(C)C(=O)OC12CC3CC(C1)CC(C(=O)CC(C(F)(F)F)C(F)(F)S(=O)(=O)[O-])(C3)C2.c1ccc([S+](c2ccccc2)c2ccccc2)cc1. The molecule has 3 atom stereocenters. The highest BCUT2D eigenvalue weighted by Crippen LogP contribution is 2.64. The van der Waals surface area contributed by atoms with Crippen molar-refractivity contribution in [3.63, 3.8) is 0 Å². The third kappa shape index (κ3) is 8.41. The number of alkyl halides is 5. The van der Waals surface area contributed by atoms with Crippen molar-refractivity contribution in [1.29, 1.82) is 0 Å². The highest BCUT2D eigenvalue weighted by atomic mass is 32.2. The number of esters is 1. The van der Waals surface area contributed by atoms with E-state index in [9.17, 15) is 44.5 Å². The molecule has 0 N–H and O–H groups in total. The minimum Gasteiger partial charge on any atom is -0.743 e. The van der Waals surface area contributed by atoms with Gasteiger partial charge in [-0.1, -0.05) is 61.5 Å². The first-order valence-electron chi connectivity index (χ1n) is 17.3. The minimum atomic E-state index is -6.66. The van der Waals surface area contributed by atoms with Crippen LogP contribution in [0.1, 0.15) is 72.1 Å². The third-order valence-corrected chi connectivity index (χ3v) is 14.0. The van der Waals surface area contributed by atoms with Gasteiger partial charge in [-0.2, -0.15) is 22.0 Å². The fourth-order valence-corrected chi connectivity index (χ4v) is 10.9. The Hall–Kier alpha value is -3.29. The Kier molecular flexibility index (Phi) is 11.4. The number of hydrogen-bond acceptors (Lipinski definition) is 6. The van der Waals surface area contributed by atoms with E-state index in [0.29, 0.717) is 25.7 Å². The van der Waals surface area contributed by atoms with Crippen LogP contribution >= 0.6 is 0 Å². The van der Waals surface area contributed by atoms with Gasteiger partial charge in [0.2, 0.25) is 0 Å². The molecule has 3 aromatic rings. The molecule has 0 radical (unpaired) electrons.